The van der Waals surface area contributed by atoms with Crippen molar-refractivity contribution in [1.29, 1.82) is 0 Å². The zero-order valence-corrected chi connectivity index (χ0v) is 17.4. The summed E-state index contributed by atoms with van der Waals surface area (Å²) in [7, 11) is -2.26. The number of hydrogen-bond acceptors (Lipinski definition) is 5. The van der Waals surface area contributed by atoms with Crippen molar-refractivity contribution in [2.75, 3.05) is 7.05 Å². The predicted octanol–water partition coefficient (Wildman–Crippen LogP) is 3.27. The third-order valence-electron chi connectivity index (χ3n) is 4.35. The number of carbonyl (C=O) groups is 1. The molecule has 0 radical (unpaired) electrons. The number of amides is 1. The summed E-state index contributed by atoms with van der Waals surface area (Å²) < 4.78 is 26.2. The third-order valence-corrected chi connectivity index (χ3v) is 6.54. The maximum atomic E-state index is 12.6. The molecule has 0 unspecified atom stereocenters. The normalized spacial score (nSPS) is 11.4. The lowest BCUT2D eigenvalue weighted by molar-refractivity contribution is 0.0950. The van der Waals surface area contributed by atoms with E-state index in [4.69, 9.17) is 0 Å². The Hall–Kier alpha value is -2.55. The average molecular weight is 416 g/mol. The molecule has 0 aliphatic heterocycles. The van der Waals surface area contributed by atoms with Crippen molar-refractivity contribution >= 4 is 27.3 Å². The van der Waals surface area contributed by atoms with Crippen LogP contribution in [-0.2, 0) is 16.6 Å². The molecule has 3 rings (SSSR count). The van der Waals surface area contributed by atoms with Crippen LogP contribution in [0.1, 0.15) is 26.5 Å². The Morgan fingerprint density at radius 1 is 1.11 bits per heavy atom. The molecule has 28 heavy (non-hydrogen) atoms. The zero-order chi connectivity index (χ0) is 20.3. The van der Waals surface area contributed by atoms with Crippen LogP contribution < -0.4 is 10.0 Å². The molecular weight excluding hydrogens is 394 g/mol. The molecule has 0 aliphatic rings. The van der Waals surface area contributed by atoms with Gasteiger partial charge in [-0.25, -0.2) is 18.1 Å². The van der Waals surface area contributed by atoms with Crippen LogP contribution in [0, 0.1) is 13.8 Å². The van der Waals surface area contributed by atoms with Crippen LogP contribution in [0.5, 0.6) is 0 Å². The molecule has 8 heteroatoms. The quantitative estimate of drug-likeness (QED) is 0.647. The summed E-state index contributed by atoms with van der Waals surface area (Å²) in [6.45, 7) is 4.09. The van der Waals surface area contributed by atoms with Crippen molar-refractivity contribution in [3.8, 4) is 11.3 Å². The fourth-order valence-electron chi connectivity index (χ4n) is 2.70. The molecule has 1 heterocycles. The molecule has 2 N–H and O–H groups in total. The van der Waals surface area contributed by atoms with E-state index in [1.807, 2.05) is 36.6 Å². The summed E-state index contributed by atoms with van der Waals surface area (Å²) >= 11 is 1.61. The second kappa shape index (κ2) is 8.22. The van der Waals surface area contributed by atoms with Crippen molar-refractivity contribution in [2.45, 2.75) is 25.3 Å². The lowest BCUT2D eigenvalue weighted by Gasteiger charge is -2.10. The third kappa shape index (κ3) is 4.46. The number of carbonyl (C=O) groups excluding carboxylic acids is 1. The predicted molar refractivity (Wildman–Crippen MR) is 111 cm³/mol. The van der Waals surface area contributed by atoms with Gasteiger partial charge in [-0.05, 0) is 44.2 Å². The van der Waals surface area contributed by atoms with E-state index in [0.29, 0.717) is 17.7 Å². The van der Waals surface area contributed by atoms with Crippen LogP contribution in [0.25, 0.3) is 11.3 Å². The highest BCUT2D eigenvalue weighted by atomic mass is 32.2. The first kappa shape index (κ1) is 20.2. The minimum absolute atomic E-state index is 0.0636. The smallest absolute Gasteiger partial charge is 0.251 e. The minimum Gasteiger partial charge on any atom is -0.348 e. The van der Waals surface area contributed by atoms with Crippen LogP contribution in [0.15, 0.2) is 52.7 Å². The van der Waals surface area contributed by atoms with Gasteiger partial charge in [-0.1, -0.05) is 30.3 Å². The van der Waals surface area contributed by atoms with E-state index in [2.05, 4.69) is 15.0 Å². The topological polar surface area (TPSA) is 88.2 Å². The van der Waals surface area contributed by atoms with E-state index >= 15 is 0 Å². The van der Waals surface area contributed by atoms with Crippen molar-refractivity contribution in [2.24, 2.45) is 0 Å². The largest absolute Gasteiger partial charge is 0.348 e. The fourth-order valence-corrected chi connectivity index (χ4v) is 4.08. The Morgan fingerprint density at radius 2 is 1.82 bits per heavy atom. The van der Waals surface area contributed by atoms with Crippen molar-refractivity contribution < 1.29 is 13.2 Å². The van der Waals surface area contributed by atoms with E-state index in [1.165, 1.54) is 19.2 Å². The van der Waals surface area contributed by atoms with Gasteiger partial charge in [0.2, 0.25) is 10.0 Å². The average Bonchev–Trinajstić information content (AvgIpc) is 3.13. The first-order valence-electron chi connectivity index (χ1n) is 8.64. The Balaban J connectivity index is 1.71. The van der Waals surface area contributed by atoms with E-state index in [9.17, 15) is 13.2 Å². The summed E-state index contributed by atoms with van der Waals surface area (Å²) in [5.41, 5.74) is 3.96. The van der Waals surface area contributed by atoms with Crippen LogP contribution in [-0.4, -0.2) is 26.4 Å². The van der Waals surface area contributed by atoms with Gasteiger partial charge in [0.25, 0.3) is 5.91 Å². The lowest BCUT2D eigenvalue weighted by Crippen LogP contribution is -2.25. The Bertz CT molecular complexity index is 1100. The summed E-state index contributed by atoms with van der Waals surface area (Å²) in [5, 5.41) is 5.88. The molecule has 0 aliphatic carbocycles. The second-order valence-electron chi connectivity index (χ2n) is 6.32. The molecule has 0 bridgehead atoms. The van der Waals surface area contributed by atoms with Crippen LogP contribution >= 0.6 is 11.3 Å². The van der Waals surface area contributed by atoms with Gasteiger partial charge in [0, 0.05) is 23.1 Å². The number of nitrogens with zero attached hydrogens (tertiary/aromatic N) is 1. The maximum Gasteiger partial charge on any atom is 0.251 e. The summed E-state index contributed by atoms with van der Waals surface area (Å²) in [6, 6.07) is 12.3. The highest BCUT2D eigenvalue weighted by molar-refractivity contribution is 7.89. The first-order valence-corrected chi connectivity index (χ1v) is 11.0. The first-order chi connectivity index (χ1) is 13.3. The molecule has 3 aromatic rings. The number of nitrogens with one attached hydrogen (secondary N) is 2. The Labute approximate surface area is 168 Å². The molecule has 146 valence electrons. The Morgan fingerprint density at radius 3 is 2.43 bits per heavy atom. The maximum absolute atomic E-state index is 12.6. The standard InChI is InChI=1S/C20H21N3O3S2/c1-13-4-9-17(28(25,26)21-3)10-18(13)20(24)22-11-15-5-7-16(8-6-15)19-12-27-14(2)23-19/h4-10,12,21H,11H2,1-3H3,(H,22,24). The van der Waals surface area contributed by atoms with E-state index < -0.39 is 10.0 Å². The second-order valence-corrected chi connectivity index (χ2v) is 9.26. The van der Waals surface area contributed by atoms with Gasteiger partial charge in [-0.2, -0.15) is 0 Å². The summed E-state index contributed by atoms with van der Waals surface area (Å²) in [6.07, 6.45) is 0. The number of aromatic nitrogens is 1. The van der Waals surface area contributed by atoms with Gasteiger partial charge in [-0.3, -0.25) is 4.79 Å². The molecule has 0 saturated carbocycles. The SMILES string of the molecule is CNS(=O)(=O)c1ccc(C)c(C(=O)NCc2ccc(-c3csc(C)n3)cc2)c1. The van der Waals surface area contributed by atoms with Gasteiger partial charge in [0.15, 0.2) is 0 Å². The zero-order valence-electron chi connectivity index (χ0n) is 15.8. The van der Waals surface area contributed by atoms with Gasteiger partial charge >= 0.3 is 0 Å². The van der Waals surface area contributed by atoms with E-state index in [1.54, 1.807) is 24.3 Å². The molecule has 1 aromatic heterocycles. The number of thiazole rings is 1. The van der Waals surface area contributed by atoms with Crippen LogP contribution in [0.3, 0.4) is 0 Å². The van der Waals surface area contributed by atoms with E-state index in [-0.39, 0.29) is 10.8 Å². The van der Waals surface area contributed by atoms with Gasteiger partial charge in [0.05, 0.1) is 15.6 Å². The van der Waals surface area contributed by atoms with Crippen LogP contribution in [0.4, 0.5) is 0 Å². The van der Waals surface area contributed by atoms with Gasteiger partial charge in [0.1, 0.15) is 0 Å². The summed E-state index contributed by atoms with van der Waals surface area (Å²) in [5.74, 6) is -0.315. The van der Waals surface area contributed by atoms with Crippen molar-refractivity contribution in [3.05, 3.63) is 69.5 Å². The molecule has 0 saturated heterocycles. The van der Waals surface area contributed by atoms with Gasteiger partial charge in [-0.15, -0.1) is 11.3 Å². The Kier molecular flexibility index (Phi) is 5.93. The number of hydrogen-bond donors (Lipinski definition) is 2. The molecular formula is C20H21N3O3S2. The molecule has 2 aromatic carbocycles. The minimum atomic E-state index is -3.60. The fraction of sp³-hybridized carbons (Fsp3) is 0.200. The molecule has 0 atom stereocenters. The summed E-state index contributed by atoms with van der Waals surface area (Å²) in [4.78, 5) is 17.1. The highest BCUT2D eigenvalue weighted by Crippen LogP contribution is 2.22. The molecule has 0 spiro atoms. The lowest BCUT2D eigenvalue weighted by atomic mass is 10.1. The molecule has 0 fully saturated rings. The number of aryl methyl sites for hydroxylation is 2. The molecule has 6 nitrogen and oxygen atoms in total. The van der Waals surface area contributed by atoms with Crippen molar-refractivity contribution in [1.82, 2.24) is 15.0 Å². The number of benzene rings is 2. The molecule has 1 amide bonds. The van der Waals surface area contributed by atoms with E-state index in [0.717, 1.165) is 21.8 Å². The van der Waals surface area contributed by atoms with Gasteiger partial charge < -0.3 is 5.32 Å². The monoisotopic (exact) mass is 415 g/mol. The highest BCUT2D eigenvalue weighted by Gasteiger charge is 2.16. The van der Waals surface area contributed by atoms with Crippen molar-refractivity contribution in [3.63, 3.8) is 0 Å². The number of rotatable bonds is 6. The number of sulfonamides is 1. The van der Waals surface area contributed by atoms with Crippen LogP contribution in [0.2, 0.25) is 0 Å².